The van der Waals surface area contributed by atoms with Crippen LogP contribution in [-0.4, -0.2) is 26.3 Å². The third-order valence-electron chi connectivity index (χ3n) is 3.51. The van der Waals surface area contributed by atoms with Crippen LogP contribution in [0.1, 0.15) is 31.3 Å². The summed E-state index contributed by atoms with van der Waals surface area (Å²) in [4.78, 5) is 16.9. The van der Waals surface area contributed by atoms with Crippen LogP contribution in [0.5, 0.6) is 0 Å². The minimum absolute atomic E-state index is 0.257. The average Bonchev–Trinajstić information content (AvgIpc) is 2.83. The van der Waals surface area contributed by atoms with E-state index >= 15 is 0 Å². The lowest BCUT2D eigenvalue weighted by Crippen LogP contribution is -2.24. The van der Waals surface area contributed by atoms with Gasteiger partial charge < -0.3 is 10.5 Å². The van der Waals surface area contributed by atoms with Crippen LogP contribution in [0, 0.1) is 0 Å². The van der Waals surface area contributed by atoms with Crippen molar-refractivity contribution in [2.45, 2.75) is 26.4 Å². The summed E-state index contributed by atoms with van der Waals surface area (Å²) in [6.07, 6.45) is 1.70. The first-order valence-corrected chi connectivity index (χ1v) is 7.67. The van der Waals surface area contributed by atoms with Crippen LogP contribution < -0.4 is 5.73 Å². The van der Waals surface area contributed by atoms with Gasteiger partial charge in [0, 0.05) is 18.9 Å². The number of aryl methyl sites for hydroxylation is 1. The van der Waals surface area contributed by atoms with Crippen LogP contribution in [0.2, 0.25) is 0 Å². The number of anilines is 1. The van der Waals surface area contributed by atoms with Crippen molar-refractivity contribution >= 4 is 22.7 Å². The van der Waals surface area contributed by atoms with Crippen LogP contribution in [0.4, 0.5) is 5.69 Å². The fourth-order valence-corrected chi connectivity index (χ4v) is 2.59. The van der Waals surface area contributed by atoms with E-state index in [1.165, 1.54) is 0 Å². The molecule has 2 heterocycles. The molecule has 0 aliphatic carbocycles. The Bertz CT molecular complexity index is 922. The first-order chi connectivity index (χ1) is 11.3. The smallest absolute Gasteiger partial charge is 0.360 e. The highest BCUT2D eigenvalue weighted by Crippen LogP contribution is 2.31. The average molecular weight is 324 g/mol. The fraction of sp³-hybridized carbons (Fsp3) is 0.278. The number of carbonyl (C=O) groups excluding carboxylic acids is 1. The van der Waals surface area contributed by atoms with E-state index in [1.807, 2.05) is 51.1 Å². The van der Waals surface area contributed by atoms with Gasteiger partial charge in [0.2, 0.25) is 0 Å². The number of pyridine rings is 1. The molecule has 0 saturated heterocycles. The molecule has 3 aromatic rings. The highest BCUT2D eigenvalue weighted by Gasteiger charge is 2.25. The molecule has 0 fully saturated rings. The van der Waals surface area contributed by atoms with E-state index in [0.717, 1.165) is 11.1 Å². The number of hydrogen-bond donors (Lipinski definition) is 1. The number of nitrogens with zero attached hydrogens (tertiary/aromatic N) is 3. The van der Waals surface area contributed by atoms with Crippen molar-refractivity contribution in [2.24, 2.45) is 7.05 Å². The second kappa shape index (κ2) is 5.63. The van der Waals surface area contributed by atoms with Gasteiger partial charge in [0.1, 0.15) is 5.60 Å². The van der Waals surface area contributed by atoms with Crippen molar-refractivity contribution in [3.63, 3.8) is 0 Å². The molecule has 1 aromatic carbocycles. The Balaban J connectivity index is 2.23. The van der Waals surface area contributed by atoms with Gasteiger partial charge in [-0.25, -0.2) is 14.5 Å². The Morgan fingerprint density at radius 3 is 2.67 bits per heavy atom. The fourth-order valence-electron chi connectivity index (χ4n) is 2.59. The largest absolute Gasteiger partial charge is 0.455 e. The lowest BCUT2D eigenvalue weighted by molar-refractivity contribution is 0.00643. The molecule has 0 aliphatic rings. The molecule has 124 valence electrons. The highest BCUT2D eigenvalue weighted by molar-refractivity contribution is 6.07. The van der Waals surface area contributed by atoms with Crippen LogP contribution in [0.3, 0.4) is 0 Å². The van der Waals surface area contributed by atoms with Crippen molar-refractivity contribution in [3.8, 4) is 11.1 Å². The van der Waals surface area contributed by atoms with Crippen LogP contribution >= 0.6 is 0 Å². The zero-order valence-electron chi connectivity index (χ0n) is 14.2. The topological polar surface area (TPSA) is 83.0 Å². The molecular formula is C18H20N4O2. The molecule has 0 aliphatic heterocycles. The Labute approximate surface area is 140 Å². The molecular weight excluding hydrogens is 304 g/mol. The first kappa shape index (κ1) is 16.0. The summed E-state index contributed by atoms with van der Waals surface area (Å²) in [5.74, 6) is -0.466. The maximum absolute atomic E-state index is 12.6. The zero-order valence-corrected chi connectivity index (χ0v) is 14.2. The summed E-state index contributed by atoms with van der Waals surface area (Å²) >= 11 is 0. The molecule has 0 radical (unpaired) electrons. The second-order valence-electron chi connectivity index (χ2n) is 6.66. The predicted molar refractivity (Wildman–Crippen MR) is 93.5 cm³/mol. The molecule has 24 heavy (non-hydrogen) atoms. The van der Waals surface area contributed by atoms with Gasteiger partial charge in [-0.1, -0.05) is 12.1 Å². The minimum atomic E-state index is -0.597. The highest BCUT2D eigenvalue weighted by atomic mass is 16.6. The summed E-state index contributed by atoms with van der Waals surface area (Å²) in [7, 11) is 1.76. The maximum atomic E-state index is 12.6. The van der Waals surface area contributed by atoms with E-state index in [2.05, 4.69) is 10.1 Å². The third-order valence-corrected chi connectivity index (χ3v) is 3.51. The summed E-state index contributed by atoms with van der Waals surface area (Å²) in [5, 5.41) is 5.00. The SMILES string of the molecule is Cn1nc(C(=O)OC(C)(C)C)c2c(-c3cccc(N)c3)ccnc21. The number of esters is 1. The number of nitrogens with two attached hydrogens (primary N) is 1. The van der Waals surface area contributed by atoms with Crippen molar-refractivity contribution in [1.82, 2.24) is 14.8 Å². The molecule has 0 saturated carbocycles. The molecule has 3 rings (SSSR count). The number of benzene rings is 1. The molecule has 0 amide bonds. The van der Waals surface area contributed by atoms with Gasteiger partial charge in [-0.2, -0.15) is 5.10 Å². The van der Waals surface area contributed by atoms with Crippen molar-refractivity contribution in [1.29, 1.82) is 0 Å². The van der Waals surface area contributed by atoms with Crippen LogP contribution in [0.25, 0.3) is 22.2 Å². The number of ether oxygens (including phenoxy) is 1. The Kier molecular flexibility index (Phi) is 3.75. The number of rotatable bonds is 2. The molecule has 0 unspecified atom stereocenters. The number of fused-ring (bicyclic) bond motifs is 1. The summed E-state index contributed by atoms with van der Waals surface area (Å²) in [6.45, 7) is 5.48. The maximum Gasteiger partial charge on any atom is 0.360 e. The predicted octanol–water partition coefficient (Wildman–Crippen LogP) is 3.17. The van der Waals surface area contributed by atoms with Crippen LogP contribution in [0.15, 0.2) is 36.5 Å². The van der Waals surface area contributed by atoms with Gasteiger partial charge in [0.05, 0.1) is 5.39 Å². The van der Waals surface area contributed by atoms with Gasteiger partial charge in [-0.3, -0.25) is 0 Å². The van der Waals surface area contributed by atoms with Crippen molar-refractivity contribution in [3.05, 3.63) is 42.2 Å². The van der Waals surface area contributed by atoms with E-state index in [-0.39, 0.29) is 5.69 Å². The van der Waals surface area contributed by atoms with Crippen molar-refractivity contribution < 1.29 is 9.53 Å². The van der Waals surface area contributed by atoms with Gasteiger partial charge in [0.15, 0.2) is 11.3 Å². The molecule has 2 aromatic heterocycles. The summed E-state index contributed by atoms with van der Waals surface area (Å²) in [5.41, 5.74) is 8.58. The number of hydrogen-bond acceptors (Lipinski definition) is 5. The van der Waals surface area contributed by atoms with E-state index in [0.29, 0.717) is 16.7 Å². The molecule has 2 N–H and O–H groups in total. The number of nitrogen functional groups attached to an aromatic ring is 1. The van der Waals surface area contributed by atoms with E-state index < -0.39 is 11.6 Å². The zero-order chi connectivity index (χ0) is 17.5. The Morgan fingerprint density at radius 1 is 1.25 bits per heavy atom. The molecule has 6 heteroatoms. The molecule has 0 atom stereocenters. The van der Waals surface area contributed by atoms with Gasteiger partial charge in [-0.05, 0) is 50.1 Å². The Hall–Kier alpha value is -2.89. The molecule has 6 nitrogen and oxygen atoms in total. The van der Waals surface area contributed by atoms with E-state index in [4.69, 9.17) is 10.5 Å². The standard InChI is InChI=1S/C18H20N4O2/c1-18(2,3)24-17(23)15-14-13(11-6-5-7-12(19)10-11)8-9-20-16(14)22(4)21-15/h5-10H,19H2,1-4H3. The molecule has 0 spiro atoms. The van der Waals surface area contributed by atoms with Crippen LogP contribution in [-0.2, 0) is 11.8 Å². The normalized spacial score (nSPS) is 11.7. The van der Waals surface area contributed by atoms with Gasteiger partial charge in [0.25, 0.3) is 0 Å². The summed E-state index contributed by atoms with van der Waals surface area (Å²) < 4.78 is 7.08. The molecule has 0 bridgehead atoms. The van der Waals surface area contributed by atoms with E-state index in [1.54, 1.807) is 17.9 Å². The lowest BCUT2D eigenvalue weighted by Gasteiger charge is -2.18. The Morgan fingerprint density at radius 2 is 2.00 bits per heavy atom. The van der Waals surface area contributed by atoms with Gasteiger partial charge in [-0.15, -0.1) is 0 Å². The van der Waals surface area contributed by atoms with Crippen molar-refractivity contribution in [2.75, 3.05) is 5.73 Å². The number of carbonyl (C=O) groups is 1. The van der Waals surface area contributed by atoms with E-state index in [9.17, 15) is 4.79 Å². The summed E-state index contributed by atoms with van der Waals surface area (Å²) in [6, 6.07) is 9.35. The monoisotopic (exact) mass is 324 g/mol. The number of aromatic nitrogens is 3. The second-order valence-corrected chi connectivity index (χ2v) is 6.66. The third kappa shape index (κ3) is 2.95. The first-order valence-electron chi connectivity index (χ1n) is 7.67. The lowest BCUT2D eigenvalue weighted by atomic mass is 10.0. The van der Waals surface area contributed by atoms with Gasteiger partial charge >= 0.3 is 5.97 Å². The quantitative estimate of drug-likeness (QED) is 0.578. The minimum Gasteiger partial charge on any atom is -0.455 e.